The lowest BCUT2D eigenvalue weighted by Gasteiger charge is -2.26. The molecule has 0 saturated carbocycles. The average molecular weight is 356 g/mol. The first-order valence-electron chi connectivity index (χ1n) is 8.74. The first-order valence-corrected chi connectivity index (χ1v) is 9.12. The molecule has 4 heteroatoms. The van der Waals surface area contributed by atoms with E-state index in [-0.39, 0.29) is 11.9 Å². The quantitative estimate of drug-likeness (QED) is 0.878. The van der Waals surface area contributed by atoms with Gasteiger partial charge in [-0.25, -0.2) is 0 Å². The maximum Gasteiger partial charge on any atom is 0.277 e. The van der Waals surface area contributed by atoms with E-state index >= 15 is 0 Å². The van der Waals surface area contributed by atoms with Crippen molar-refractivity contribution in [1.29, 1.82) is 0 Å². The van der Waals surface area contributed by atoms with E-state index in [2.05, 4.69) is 42.6 Å². The molecule has 1 atom stereocenters. The van der Waals surface area contributed by atoms with Gasteiger partial charge in [0.25, 0.3) is 5.91 Å². The van der Waals surface area contributed by atoms with Gasteiger partial charge in [-0.15, -0.1) is 0 Å². The van der Waals surface area contributed by atoms with Crippen LogP contribution in [0.5, 0.6) is 0 Å². The Hall–Kier alpha value is -2.10. The van der Waals surface area contributed by atoms with Crippen LogP contribution in [0.4, 0.5) is 0 Å². The lowest BCUT2D eigenvalue weighted by atomic mass is 9.99. The number of hydrogen-bond acceptors (Lipinski definition) is 1. The molecule has 2 aromatic carbocycles. The molecule has 25 heavy (non-hydrogen) atoms. The molecule has 3 nitrogen and oxygen atoms in total. The van der Waals surface area contributed by atoms with E-state index in [9.17, 15) is 4.79 Å². The Labute approximate surface area is 154 Å². The van der Waals surface area contributed by atoms with Crippen molar-refractivity contribution in [2.75, 3.05) is 19.6 Å². The second-order valence-electron chi connectivity index (χ2n) is 6.47. The summed E-state index contributed by atoms with van der Waals surface area (Å²) in [6.45, 7) is 4.08. The summed E-state index contributed by atoms with van der Waals surface area (Å²) in [5, 5.41) is 2.82. The Balaban J connectivity index is 1.51. The second-order valence-corrected chi connectivity index (χ2v) is 6.90. The lowest BCUT2D eigenvalue weighted by Crippen LogP contribution is -2.87. The van der Waals surface area contributed by atoms with Gasteiger partial charge < -0.3 is 10.2 Å². The number of nitrogens with zero attached hydrogens (tertiary/aromatic N) is 1. The minimum Gasteiger partial charge on any atom is -0.334 e. The largest absolute Gasteiger partial charge is 0.334 e. The molecule has 0 radical (unpaired) electrons. The van der Waals surface area contributed by atoms with Crippen LogP contribution in [0.3, 0.4) is 0 Å². The zero-order chi connectivity index (χ0) is 17.6. The van der Waals surface area contributed by atoms with E-state index in [1.54, 1.807) is 0 Å². The molecule has 0 spiro atoms. The zero-order valence-electron chi connectivity index (χ0n) is 14.5. The highest BCUT2D eigenvalue weighted by Crippen LogP contribution is 2.21. The predicted octanol–water partition coefficient (Wildman–Crippen LogP) is 3.28. The Morgan fingerprint density at radius 1 is 1.16 bits per heavy atom. The molecule has 0 bridgehead atoms. The first kappa shape index (κ1) is 17.7. The highest BCUT2D eigenvalue weighted by atomic mass is 35.5. The van der Waals surface area contributed by atoms with Gasteiger partial charge in [-0.3, -0.25) is 4.79 Å². The molecule has 0 aliphatic carbocycles. The fourth-order valence-corrected chi connectivity index (χ4v) is 3.25. The molecule has 0 aromatic heterocycles. The Bertz CT molecular complexity index is 740. The van der Waals surface area contributed by atoms with Crippen LogP contribution in [0.2, 0.25) is 5.02 Å². The second kappa shape index (κ2) is 8.32. The molecule has 1 amide bonds. The minimum atomic E-state index is 0.198. The van der Waals surface area contributed by atoms with E-state index in [0.717, 1.165) is 18.0 Å². The first-order chi connectivity index (χ1) is 12.1. The van der Waals surface area contributed by atoms with Crippen LogP contribution >= 0.6 is 11.6 Å². The van der Waals surface area contributed by atoms with Gasteiger partial charge in [-0.1, -0.05) is 60.1 Å². The molecule has 130 valence electrons. The molecular formula is C21H24ClN2O+. The number of carbonyl (C=O) groups excluding carboxylic acids is 1. The zero-order valence-corrected chi connectivity index (χ0v) is 15.2. The van der Waals surface area contributed by atoms with Crippen molar-refractivity contribution in [3.05, 3.63) is 76.8 Å². The van der Waals surface area contributed by atoms with Crippen LogP contribution in [0.25, 0.3) is 5.57 Å². The number of quaternary nitrogens is 1. The summed E-state index contributed by atoms with van der Waals surface area (Å²) in [5.41, 5.74) is 3.78. The third kappa shape index (κ3) is 4.71. The highest BCUT2D eigenvalue weighted by Gasteiger charge is 2.20. The minimum absolute atomic E-state index is 0.198. The normalized spacial score (nSPS) is 15.6. The molecule has 0 unspecified atom stereocenters. The van der Waals surface area contributed by atoms with Crippen molar-refractivity contribution in [2.24, 2.45) is 0 Å². The number of nitrogens with two attached hydrogens (primary N) is 1. The van der Waals surface area contributed by atoms with Crippen molar-refractivity contribution in [3.63, 3.8) is 0 Å². The Kier molecular flexibility index (Phi) is 5.90. The standard InChI is InChI=1S/C21H23ClN2O/c1-16(17-7-9-20(22)10-8-17)23-15-21(25)24-13-11-19(12-14-24)18-5-3-2-4-6-18/h2-11,16,23H,12-15H2,1H3/p+1/t16-/m1/s1. The maximum absolute atomic E-state index is 12.5. The van der Waals surface area contributed by atoms with Crippen molar-refractivity contribution < 1.29 is 10.1 Å². The summed E-state index contributed by atoms with van der Waals surface area (Å²) < 4.78 is 0. The van der Waals surface area contributed by atoms with Crippen molar-refractivity contribution in [2.45, 2.75) is 19.4 Å². The lowest BCUT2D eigenvalue weighted by molar-refractivity contribution is -0.683. The summed E-state index contributed by atoms with van der Waals surface area (Å²) in [6.07, 6.45) is 3.10. The van der Waals surface area contributed by atoms with Gasteiger partial charge in [0.1, 0.15) is 6.04 Å². The van der Waals surface area contributed by atoms with E-state index in [1.807, 2.05) is 35.2 Å². The van der Waals surface area contributed by atoms with Crippen LogP contribution in [-0.2, 0) is 4.79 Å². The van der Waals surface area contributed by atoms with Crippen LogP contribution in [0, 0.1) is 0 Å². The van der Waals surface area contributed by atoms with Gasteiger partial charge in [0.05, 0.1) is 0 Å². The Morgan fingerprint density at radius 2 is 1.88 bits per heavy atom. The van der Waals surface area contributed by atoms with E-state index in [0.29, 0.717) is 13.1 Å². The molecule has 1 aliphatic heterocycles. The summed E-state index contributed by atoms with van der Waals surface area (Å²) in [5.74, 6) is 0.198. The number of benzene rings is 2. The summed E-state index contributed by atoms with van der Waals surface area (Å²) in [4.78, 5) is 14.4. The van der Waals surface area contributed by atoms with Gasteiger partial charge in [0, 0.05) is 23.7 Å². The van der Waals surface area contributed by atoms with Gasteiger partial charge in [-0.2, -0.15) is 0 Å². The van der Waals surface area contributed by atoms with E-state index in [4.69, 9.17) is 11.6 Å². The fourth-order valence-electron chi connectivity index (χ4n) is 3.12. The molecule has 0 saturated heterocycles. The van der Waals surface area contributed by atoms with E-state index < -0.39 is 0 Å². The van der Waals surface area contributed by atoms with Crippen LogP contribution in [-0.4, -0.2) is 30.4 Å². The van der Waals surface area contributed by atoms with Gasteiger partial charge in [0.2, 0.25) is 0 Å². The van der Waals surface area contributed by atoms with Gasteiger partial charge >= 0.3 is 0 Å². The smallest absolute Gasteiger partial charge is 0.277 e. The number of rotatable bonds is 5. The molecule has 1 heterocycles. The number of amides is 1. The maximum atomic E-state index is 12.5. The molecule has 1 aliphatic rings. The average Bonchev–Trinajstić information content (AvgIpc) is 2.67. The van der Waals surface area contributed by atoms with E-state index in [1.165, 1.54) is 16.7 Å². The molecule has 2 N–H and O–H groups in total. The van der Waals surface area contributed by atoms with Crippen LogP contribution in [0.1, 0.15) is 30.5 Å². The van der Waals surface area contributed by atoms with Gasteiger partial charge in [-0.05, 0) is 36.6 Å². The number of carbonyl (C=O) groups is 1. The van der Waals surface area contributed by atoms with Crippen molar-refractivity contribution in [1.82, 2.24) is 4.90 Å². The Morgan fingerprint density at radius 3 is 2.52 bits per heavy atom. The molecule has 2 aromatic rings. The highest BCUT2D eigenvalue weighted by molar-refractivity contribution is 6.30. The van der Waals surface area contributed by atoms with Gasteiger partial charge in [0.15, 0.2) is 6.54 Å². The van der Waals surface area contributed by atoms with Crippen LogP contribution in [0.15, 0.2) is 60.7 Å². The monoisotopic (exact) mass is 355 g/mol. The topological polar surface area (TPSA) is 36.9 Å². The number of hydrogen-bond donors (Lipinski definition) is 1. The fraction of sp³-hybridized carbons (Fsp3) is 0.286. The SMILES string of the molecule is C[C@@H]([NH2+]CC(=O)N1CC=C(c2ccccc2)CC1)c1ccc(Cl)cc1. The predicted molar refractivity (Wildman–Crippen MR) is 102 cm³/mol. The summed E-state index contributed by atoms with van der Waals surface area (Å²) in [7, 11) is 0. The van der Waals surface area contributed by atoms with Crippen molar-refractivity contribution in [3.8, 4) is 0 Å². The third-order valence-electron chi connectivity index (χ3n) is 4.75. The van der Waals surface area contributed by atoms with Crippen LogP contribution < -0.4 is 5.32 Å². The summed E-state index contributed by atoms with van der Waals surface area (Å²) in [6, 6.07) is 18.5. The molecule has 0 fully saturated rings. The molecular weight excluding hydrogens is 332 g/mol. The third-order valence-corrected chi connectivity index (χ3v) is 5.00. The summed E-state index contributed by atoms with van der Waals surface area (Å²) >= 11 is 5.93. The van der Waals surface area contributed by atoms with Crippen molar-refractivity contribution >= 4 is 23.1 Å². The number of halogens is 1. The molecule has 3 rings (SSSR count).